The molecule has 0 aliphatic rings. The van der Waals surface area contributed by atoms with Gasteiger partial charge in [0, 0.05) is 12.6 Å². The number of nitrogens with one attached hydrogen (secondary N) is 2. The Morgan fingerprint density at radius 3 is 2.58 bits per heavy atom. The van der Waals surface area contributed by atoms with Crippen molar-refractivity contribution in [3.05, 3.63) is 30.9 Å². The minimum absolute atomic E-state index is 0.228. The summed E-state index contributed by atoms with van der Waals surface area (Å²) < 4.78 is 10.1. The third-order valence-corrected chi connectivity index (χ3v) is 2.27. The van der Waals surface area contributed by atoms with Crippen molar-refractivity contribution in [1.82, 2.24) is 5.32 Å². The molecule has 6 heteroatoms. The molecule has 0 unspecified atom stereocenters. The van der Waals surface area contributed by atoms with Crippen LogP contribution in [0.5, 0.6) is 11.5 Å². The van der Waals surface area contributed by atoms with E-state index in [1.54, 1.807) is 18.2 Å². The molecule has 2 N–H and O–H groups in total. The number of hydrogen-bond donors (Lipinski definition) is 2. The maximum Gasteiger partial charge on any atom is 0.313 e. The van der Waals surface area contributed by atoms with E-state index in [0.717, 1.165) is 0 Å². The predicted octanol–water partition coefficient (Wildman–Crippen LogP) is 0.944. The number of carbonyl (C=O) groups excluding carboxylic acids is 2. The Morgan fingerprint density at radius 2 is 2.00 bits per heavy atom. The van der Waals surface area contributed by atoms with E-state index in [2.05, 4.69) is 17.2 Å². The van der Waals surface area contributed by atoms with Crippen LogP contribution in [-0.4, -0.2) is 32.6 Å². The Labute approximate surface area is 111 Å². The van der Waals surface area contributed by atoms with E-state index in [1.807, 2.05) is 0 Å². The van der Waals surface area contributed by atoms with Gasteiger partial charge in [0.15, 0.2) is 0 Å². The lowest BCUT2D eigenvalue weighted by Gasteiger charge is -2.11. The van der Waals surface area contributed by atoms with Gasteiger partial charge in [-0.05, 0) is 12.1 Å². The van der Waals surface area contributed by atoms with Crippen LogP contribution in [0.1, 0.15) is 0 Å². The second-order valence-corrected chi connectivity index (χ2v) is 3.52. The second kappa shape index (κ2) is 7.05. The summed E-state index contributed by atoms with van der Waals surface area (Å²) in [5.41, 5.74) is 0.391. The molecule has 0 atom stereocenters. The van der Waals surface area contributed by atoms with E-state index < -0.39 is 11.8 Å². The van der Waals surface area contributed by atoms with Gasteiger partial charge in [-0.25, -0.2) is 0 Å². The topological polar surface area (TPSA) is 76.7 Å². The highest BCUT2D eigenvalue weighted by molar-refractivity contribution is 6.39. The van der Waals surface area contributed by atoms with E-state index >= 15 is 0 Å². The Morgan fingerprint density at radius 1 is 1.26 bits per heavy atom. The normalized spacial score (nSPS) is 9.37. The third kappa shape index (κ3) is 4.02. The molecule has 0 aliphatic heterocycles. The van der Waals surface area contributed by atoms with Gasteiger partial charge in [0.05, 0.1) is 19.9 Å². The van der Waals surface area contributed by atoms with Crippen molar-refractivity contribution in [1.29, 1.82) is 0 Å². The lowest BCUT2D eigenvalue weighted by molar-refractivity contribution is -0.136. The molecule has 1 rings (SSSR count). The van der Waals surface area contributed by atoms with Gasteiger partial charge in [-0.15, -0.1) is 6.58 Å². The minimum atomic E-state index is -0.773. The van der Waals surface area contributed by atoms with Gasteiger partial charge >= 0.3 is 11.8 Å². The zero-order chi connectivity index (χ0) is 14.3. The molecule has 1 aromatic carbocycles. The molecule has 0 fully saturated rings. The first-order chi connectivity index (χ1) is 9.12. The number of anilines is 1. The first-order valence-electron chi connectivity index (χ1n) is 5.54. The van der Waals surface area contributed by atoms with Crippen LogP contribution in [0.4, 0.5) is 5.69 Å². The molecule has 6 nitrogen and oxygen atoms in total. The van der Waals surface area contributed by atoms with E-state index in [-0.39, 0.29) is 6.54 Å². The first kappa shape index (κ1) is 14.6. The quantitative estimate of drug-likeness (QED) is 0.613. The summed E-state index contributed by atoms with van der Waals surface area (Å²) in [6, 6.07) is 4.85. The van der Waals surface area contributed by atoms with Gasteiger partial charge in [0.25, 0.3) is 0 Å². The minimum Gasteiger partial charge on any atom is -0.497 e. The molecule has 0 aromatic heterocycles. The molecule has 0 bridgehead atoms. The van der Waals surface area contributed by atoms with Crippen LogP contribution in [0, 0.1) is 0 Å². The average molecular weight is 264 g/mol. The molecule has 2 amide bonds. The zero-order valence-electron chi connectivity index (χ0n) is 10.9. The molecule has 0 saturated carbocycles. The summed E-state index contributed by atoms with van der Waals surface area (Å²) in [6.45, 7) is 3.67. The maximum atomic E-state index is 11.6. The molecule has 102 valence electrons. The van der Waals surface area contributed by atoms with E-state index in [4.69, 9.17) is 9.47 Å². The molecule has 1 aromatic rings. The van der Waals surface area contributed by atoms with Crippen molar-refractivity contribution in [2.45, 2.75) is 0 Å². The molecule has 0 radical (unpaired) electrons. The number of rotatable bonds is 5. The molecule has 0 saturated heterocycles. The fourth-order valence-electron chi connectivity index (χ4n) is 1.33. The van der Waals surface area contributed by atoms with Crippen LogP contribution < -0.4 is 20.1 Å². The van der Waals surface area contributed by atoms with Crippen LogP contribution in [0.3, 0.4) is 0 Å². The second-order valence-electron chi connectivity index (χ2n) is 3.52. The predicted molar refractivity (Wildman–Crippen MR) is 71.4 cm³/mol. The standard InChI is InChI=1S/C13H16N2O4/c1-4-7-14-12(16)13(17)15-10-6-5-9(18-2)8-11(10)19-3/h4-6,8H,1,7H2,2-3H3,(H,14,16)(H,15,17). The van der Waals surface area contributed by atoms with Gasteiger partial charge in [-0.3, -0.25) is 9.59 Å². The summed E-state index contributed by atoms with van der Waals surface area (Å²) in [5.74, 6) is -0.515. The lowest BCUT2D eigenvalue weighted by Crippen LogP contribution is -2.35. The van der Waals surface area contributed by atoms with Crippen molar-refractivity contribution < 1.29 is 19.1 Å². The monoisotopic (exact) mass is 264 g/mol. The number of ether oxygens (including phenoxy) is 2. The first-order valence-corrected chi connectivity index (χ1v) is 5.54. The Balaban J connectivity index is 2.78. The Bertz CT molecular complexity index is 486. The van der Waals surface area contributed by atoms with Crippen LogP contribution in [0.2, 0.25) is 0 Å². The SMILES string of the molecule is C=CCNC(=O)C(=O)Nc1ccc(OC)cc1OC. The summed E-state index contributed by atoms with van der Waals surface area (Å²) in [5, 5.41) is 4.83. The molecule has 19 heavy (non-hydrogen) atoms. The third-order valence-electron chi connectivity index (χ3n) is 2.27. The van der Waals surface area contributed by atoms with Gasteiger partial charge in [0.1, 0.15) is 11.5 Å². The fraction of sp³-hybridized carbons (Fsp3) is 0.231. The maximum absolute atomic E-state index is 11.6. The molecule has 0 heterocycles. The fourth-order valence-corrected chi connectivity index (χ4v) is 1.33. The van der Waals surface area contributed by atoms with Crippen LogP contribution in [0.25, 0.3) is 0 Å². The highest BCUT2D eigenvalue weighted by Gasteiger charge is 2.15. The summed E-state index contributed by atoms with van der Waals surface area (Å²) in [6.07, 6.45) is 1.49. The highest BCUT2D eigenvalue weighted by Crippen LogP contribution is 2.28. The number of carbonyl (C=O) groups is 2. The Hall–Kier alpha value is -2.50. The van der Waals surface area contributed by atoms with Gasteiger partial charge in [-0.1, -0.05) is 6.08 Å². The highest BCUT2D eigenvalue weighted by atomic mass is 16.5. The largest absolute Gasteiger partial charge is 0.497 e. The smallest absolute Gasteiger partial charge is 0.313 e. The number of benzene rings is 1. The van der Waals surface area contributed by atoms with Crippen molar-refractivity contribution in [2.24, 2.45) is 0 Å². The number of amides is 2. The van der Waals surface area contributed by atoms with Gasteiger partial charge < -0.3 is 20.1 Å². The van der Waals surface area contributed by atoms with Crippen LogP contribution >= 0.6 is 0 Å². The van der Waals surface area contributed by atoms with Crippen molar-refractivity contribution in [3.63, 3.8) is 0 Å². The molecule has 0 aliphatic carbocycles. The van der Waals surface area contributed by atoms with E-state index in [1.165, 1.54) is 20.3 Å². The van der Waals surface area contributed by atoms with Crippen molar-refractivity contribution in [3.8, 4) is 11.5 Å². The summed E-state index contributed by atoms with van der Waals surface area (Å²) in [4.78, 5) is 23.0. The zero-order valence-corrected chi connectivity index (χ0v) is 10.9. The summed E-state index contributed by atoms with van der Waals surface area (Å²) >= 11 is 0. The average Bonchev–Trinajstić information content (AvgIpc) is 2.44. The lowest BCUT2D eigenvalue weighted by atomic mass is 10.2. The van der Waals surface area contributed by atoms with Crippen LogP contribution in [0.15, 0.2) is 30.9 Å². The van der Waals surface area contributed by atoms with Crippen molar-refractivity contribution >= 4 is 17.5 Å². The van der Waals surface area contributed by atoms with Gasteiger partial charge in [-0.2, -0.15) is 0 Å². The molecular formula is C13H16N2O4. The van der Waals surface area contributed by atoms with Crippen LogP contribution in [-0.2, 0) is 9.59 Å². The number of hydrogen-bond acceptors (Lipinski definition) is 4. The molecule has 0 spiro atoms. The molecular weight excluding hydrogens is 248 g/mol. The number of methoxy groups -OCH3 is 2. The van der Waals surface area contributed by atoms with Crippen molar-refractivity contribution in [2.75, 3.05) is 26.1 Å². The van der Waals surface area contributed by atoms with E-state index in [9.17, 15) is 9.59 Å². The van der Waals surface area contributed by atoms with Gasteiger partial charge in [0.2, 0.25) is 0 Å². The van der Waals surface area contributed by atoms with E-state index in [0.29, 0.717) is 17.2 Å². The Kier molecular flexibility index (Phi) is 5.40. The summed E-state index contributed by atoms with van der Waals surface area (Å²) in [7, 11) is 2.98.